The number of hydrogen-bond acceptors (Lipinski definition) is 3. The van der Waals surface area contributed by atoms with Gasteiger partial charge in [-0.05, 0) is 19.1 Å². The molecule has 1 atom stereocenters. The number of rotatable bonds is 3. The minimum absolute atomic E-state index is 0.0180. The number of benzene rings is 1. The lowest BCUT2D eigenvalue weighted by atomic mass is 10.1. The van der Waals surface area contributed by atoms with Gasteiger partial charge in [-0.25, -0.2) is 4.98 Å². The van der Waals surface area contributed by atoms with E-state index < -0.39 is 0 Å². The van der Waals surface area contributed by atoms with E-state index in [4.69, 9.17) is 16.9 Å². The van der Waals surface area contributed by atoms with E-state index in [1.165, 1.54) is 0 Å². The molecule has 2 N–H and O–H groups in total. The molecule has 0 aliphatic carbocycles. The van der Waals surface area contributed by atoms with Gasteiger partial charge in [-0.1, -0.05) is 17.7 Å². The zero-order chi connectivity index (χ0) is 12.3. The first-order valence-electron chi connectivity index (χ1n) is 5.17. The fourth-order valence-electron chi connectivity index (χ4n) is 1.57. The highest BCUT2D eigenvalue weighted by atomic mass is 35.5. The molecule has 0 amide bonds. The molecular formula is C12H11ClN4. The first kappa shape index (κ1) is 11.5. The van der Waals surface area contributed by atoms with Crippen LogP contribution in [0.25, 0.3) is 0 Å². The Balaban J connectivity index is 2.25. The van der Waals surface area contributed by atoms with Gasteiger partial charge in [0.05, 0.1) is 22.3 Å². The Hall–Kier alpha value is -1.99. The van der Waals surface area contributed by atoms with Gasteiger partial charge < -0.3 is 10.3 Å². The quantitative estimate of drug-likeness (QED) is 0.875. The third kappa shape index (κ3) is 2.40. The Morgan fingerprint density at radius 2 is 2.35 bits per heavy atom. The van der Waals surface area contributed by atoms with Crippen molar-refractivity contribution in [3.63, 3.8) is 0 Å². The zero-order valence-corrected chi connectivity index (χ0v) is 9.99. The average Bonchev–Trinajstić information content (AvgIpc) is 2.82. The van der Waals surface area contributed by atoms with Crippen LogP contribution in [0.2, 0.25) is 5.02 Å². The van der Waals surface area contributed by atoms with Gasteiger partial charge in [-0.15, -0.1) is 0 Å². The Labute approximate surface area is 104 Å². The monoisotopic (exact) mass is 246 g/mol. The predicted octanol–water partition coefficient (Wildman–Crippen LogP) is 3.11. The first-order valence-corrected chi connectivity index (χ1v) is 5.54. The van der Waals surface area contributed by atoms with Crippen LogP contribution in [0, 0.1) is 11.3 Å². The molecule has 1 aromatic carbocycles. The van der Waals surface area contributed by atoms with Crippen molar-refractivity contribution >= 4 is 17.3 Å². The van der Waals surface area contributed by atoms with Crippen LogP contribution >= 0.6 is 11.6 Å². The minimum atomic E-state index is -0.0180. The van der Waals surface area contributed by atoms with Crippen molar-refractivity contribution in [1.82, 2.24) is 9.97 Å². The number of imidazole rings is 1. The van der Waals surface area contributed by atoms with E-state index in [1.54, 1.807) is 24.5 Å². The fraction of sp³-hybridized carbons (Fsp3) is 0.167. The topological polar surface area (TPSA) is 64.5 Å². The smallest absolute Gasteiger partial charge is 0.128 e. The molecule has 1 heterocycles. The van der Waals surface area contributed by atoms with Crippen molar-refractivity contribution in [2.75, 3.05) is 5.32 Å². The number of nitriles is 1. The van der Waals surface area contributed by atoms with Gasteiger partial charge in [0.15, 0.2) is 0 Å². The van der Waals surface area contributed by atoms with E-state index in [1.807, 2.05) is 13.0 Å². The van der Waals surface area contributed by atoms with Gasteiger partial charge in [0, 0.05) is 12.4 Å². The summed E-state index contributed by atoms with van der Waals surface area (Å²) in [5.74, 6) is 0.814. The number of H-pyrrole nitrogens is 1. The highest BCUT2D eigenvalue weighted by molar-refractivity contribution is 6.32. The average molecular weight is 247 g/mol. The van der Waals surface area contributed by atoms with Gasteiger partial charge in [0.2, 0.25) is 0 Å². The zero-order valence-electron chi connectivity index (χ0n) is 9.24. The summed E-state index contributed by atoms with van der Waals surface area (Å²) < 4.78 is 0. The normalized spacial score (nSPS) is 11.8. The van der Waals surface area contributed by atoms with Gasteiger partial charge in [0.25, 0.3) is 0 Å². The molecule has 0 fully saturated rings. The number of nitrogens with one attached hydrogen (secondary N) is 2. The van der Waals surface area contributed by atoms with Crippen molar-refractivity contribution in [3.05, 3.63) is 47.0 Å². The third-order valence-corrected chi connectivity index (χ3v) is 2.74. The van der Waals surface area contributed by atoms with Crippen LogP contribution in [0.1, 0.15) is 24.4 Å². The molecule has 0 spiro atoms. The third-order valence-electron chi connectivity index (χ3n) is 2.43. The summed E-state index contributed by atoms with van der Waals surface area (Å²) in [6.45, 7) is 1.96. The number of nitrogens with zero attached hydrogens (tertiary/aromatic N) is 2. The Morgan fingerprint density at radius 3 is 3.00 bits per heavy atom. The van der Waals surface area contributed by atoms with E-state index in [9.17, 15) is 0 Å². The largest absolute Gasteiger partial charge is 0.374 e. The van der Waals surface area contributed by atoms with Crippen LogP contribution in [-0.2, 0) is 0 Å². The van der Waals surface area contributed by atoms with Crippen molar-refractivity contribution < 1.29 is 0 Å². The van der Waals surface area contributed by atoms with Gasteiger partial charge in [-0.2, -0.15) is 5.26 Å². The second kappa shape index (κ2) is 4.89. The molecule has 5 heteroatoms. The molecule has 0 radical (unpaired) electrons. The SMILES string of the molecule is CC(Nc1cccc(Cl)c1C#N)c1ncc[nH]1. The number of aromatic amines is 1. The molecule has 0 saturated heterocycles. The van der Waals surface area contributed by atoms with E-state index in [0.717, 1.165) is 5.82 Å². The Kier molecular flexibility index (Phi) is 3.31. The Morgan fingerprint density at radius 1 is 1.53 bits per heavy atom. The molecular weight excluding hydrogens is 236 g/mol. The van der Waals surface area contributed by atoms with Crippen LogP contribution in [-0.4, -0.2) is 9.97 Å². The van der Waals surface area contributed by atoms with E-state index in [2.05, 4.69) is 21.4 Å². The lowest BCUT2D eigenvalue weighted by Gasteiger charge is -2.14. The molecule has 0 aliphatic heterocycles. The van der Waals surface area contributed by atoms with E-state index in [0.29, 0.717) is 16.3 Å². The van der Waals surface area contributed by atoms with Gasteiger partial charge >= 0.3 is 0 Å². The van der Waals surface area contributed by atoms with Crippen LogP contribution in [0.4, 0.5) is 5.69 Å². The van der Waals surface area contributed by atoms with Gasteiger partial charge in [-0.3, -0.25) is 0 Å². The summed E-state index contributed by atoms with van der Waals surface area (Å²) in [4.78, 5) is 7.18. The second-order valence-electron chi connectivity index (χ2n) is 3.61. The molecule has 4 nitrogen and oxygen atoms in total. The molecule has 0 bridgehead atoms. The molecule has 86 valence electrons. The molecule has 0 aliphatic rings. The number of aromatic nitrogens is 2. The number of halogens is 1. The maximum atomic E-state index is 9.04. The maximum absolute atomic E-state index is 9.04. The first-order chi connectivity index (χ1) is 8.22. The van der Waals surface area contributed by atoms with E-state index >= 15 is 0 Å². The lowest BCUT2D eigenvalue weighted by molar-refractivity contribution is 0.810. The van der Waals surface area contributed by atoms with Crippen molar-refractivity contribution in [3.8, 4) is 6.07 Å². The maximum Gasteiger partial charge on any atom is 0.128 e. The highest BCUT2D eigenvalue weighted by Gasteiger charge is 2.11. The van der Waals surface area contributed by atoms with Gasteiger partial charge in [0.1, 0.15) is 11.9 Å². The standard InChI is InChI=1S/C12H11ClN4/c1-8(12-15-5-6-16-12)17-11-4-2-3-10(13)9(11)7-14/h2-6,8,17H,1H3,(H,15,16). The summed E-state index contributed by atoms with van der Waals surface area (Å²) in [5.41, 5.74) is 1.16. The summed E-state index contributed by atoms with van der Waals surface area (Å²) >= 11 is 5.95. The van der Waals surface area contributed by atoms with Crippen LogP contribution < -0.4 is 5.32 Å². The Bertz CT molecular complexity index is 542. The van der Waals surface area contributed by atoms with Crippen LogP contribution in [0.3, 0.4) is 0 Å². The van der Waals surface area contributed by atoms with Crippen molar-refractivity contribution in [2.24, 2.45) is 0 Å². The van der Waals surface area contributed by atoms with Crippen molar-refractivity contribution in [1.29, 1.82) is 5.26 Å². The molecule has 17 heavy (non-hydrogen) atoms. The molecule has 1 unspecified atom stereocenters. The summed E-state index contributed by atoms with van der Waals surface area (Å²) in [6, 6.07) is 7.40. The highest BCUT2D eigenvalue weighted by Crippen LogP contribution is 2.26. The van der Waals surface area contributed by atoms with Crippen molar-refractivity contribution in [2.45, 2.75) is 13.0 Å². The van der Waals surface area contributed by atoms with Crippen LogP contribution in [0.5, 0.6) is 0 Å². The van der Waals surface area contributed by atoms with E-state index in [-0.39, 0.29) is 6.04 Å². The molecule has 1 aromatic heterocycles. The summed E-state index contributed by atoms with van der Waals surface area (Å²) in [5, 5.41) is 12.7. The minimum Gasteiger partial charge on any atom is -0.374 e. The second-order valence-corrected chi connectivity index (χ2v) is 4.02. The number of anilines is 1. The lowest BCUT2D eigenvalue weighted by Crippen LogP contribution is -2.09. The summed E-state index contributed by atoms with van der Waals surface area (Å²) in [6.07, 6.45) is 3.45. The molecule has 0 saturated carbocycles. The van der Waals surface area contributed by atoms with Crippen LogP contribution in [0.15, 0.2) is 30.6 Å². The predicted molar refractivity (Wildman–Crippen MR) is 66.8 cm³/mol. The molecule has 2 rings (SSSR count). The number of hydrogen-bond donors (Lipinski definition) is 2. The summed E-state index contributed by atoms with van der Waals surface area (Å²) in [7, 11) is 0. The molecule has 2 aromatic rings. The fourth-order valence-corrected chi connectivity index (χ4v) is 1.79.